The van der Waals surface area contributed by atoms with E-state index >= 15 is 0 Å². The number of aromatic nitrogens is 3. The molecule has 1 aliphatic rings. The number of hydrogen-bond acceptors (Lipinski definition) is 7. The lowest BCUT2D eigenvalue weighted by Crippen LogP contribution is -2.19. The molecular weight excluding hydrogens is 472 g/mol. The molecule has 4 N–H and O–H groups in total. The first-order valence-electron chi connectivity index (χ1n) is 8.81. The zero-order valence-electron chi connectivity index (χ0n) is 15.4. The van der Waals surface area contributed by atoms with E-state index < -0.39 is 11.8 Å². The van der Waals surface area contributed by atoms with E-state index in [1.165, 1.54) is 28.6 Å². The van der Waals surface area contributed by atoms with E-state index in [1.807, 2.05) is 24.3 Å². The Bertz CT molecular complexity index is 1180. The van der Waals surface area contributed by atoms with E-state index in [0.29, 0.717) is 28.0 Å². The Labute approximate surface area is 183 Å². The second-order valence-electron chi connectivity index (χ2n) is 6.38. The van der Waals surface area contributed by atoms with Gasteiger partial charge in [-0.25, -0.2) is 4.68 Å². The summed E-state index contributed by atoms with van der Waals surface area (Å²) in [7, 11) is 0. The summed E-state index contributed by atoms with van der Waals surface area (Å²) in [6.45, 7) is 0. The van der Waals surface area contributed by atoms with Gasteiger partial charge >= 0.3 is 0 Å². The Morgan fingerprint density at radius 1 is 1.13 bits per heavy atom. The van der Waals surface area contributed by atoms with Gasteiger partial charge in [-0.3, -0.25) is 19.7 Å². The number of halogens is 1. The van der Waals surface area contributed by atoms with Gasteiger partial charge in [0.2, 0.25) is 11.1 Å². The Balaban J connectivity index is 1.34. The third kappa shape index (κ3) is 4.07. The molecule has 9 nitrogen and oxygen atoms in total. The fourth-order valence-corrected chi connectivity index (χ4v) is 4.10. The van der Waals surface area contributed by atoms with Gasteiger partial charge in [0.05, 0.1) is 11.1 Å². The second-order valence-corrected chi connectivity index (χ2v) is 8.35. The molecule has 0 saturated heterocycles. The van der Waals surface area contributed by atoms with Crippen LogP contribution in [-0.4, -0.2) is 38.3 Å². The van der Waals surface area contributed by atoms with Crippen molar-refractivity contribution in [2.45, 2.75) is 11.6 Å². The maximum atomic E-state index is 12.2. The third-order valence-corrected chi connectivity index (χ3v) is 5.77. The Morgan fingerprint density at radius 2 is 1.93 bits per heavy atom. The summed E-state index contributed by atoms with van der Waals surface area (Å²) < 4.78 is 2.29. The average molecular weight is 487 g/mol. The van der Waals surface area contributed by atoms with E-state index in [1.54, 1.807) is 6.07 Å². The number of hydrogen-bond donors (Lipinski definition) is 3. The molecular formula is C19H15BrN6O3S. The van der Waals surface area contributed by atoms with Crippen LogP contribution >= 0.6 is 27.7 Å². The van der Waals surface area contributed by atoms with Crippen molar-refractivity contribution in [3.63, 3.8) is 0 Å². The Hall–Kier alpha value is -3.18. The van der Waals surface area contributed by atoms with Crippen LogP contribution in [-0.2, 0) is 4.79 Å². The van der Waals surface area contributed by atoms with Crippen LogP contribution in [0.2, 0.25) is 0 Å². The number of fused-ring (bicyclic) bond motifs is 1. The molecule has 1 aliphatic heterocycles. The largest absolute Gasteiger partial charge is 0.335 e. The topological polar surface area (TPSA) is 132 Å². The lowest BCUT2D eigenvalue weighted by atomic mass is 10.1. The molecule has 30 heavy (non-hydrogen) atoms. The van der Waals surface area contributed by atoms with Crippen molar-refractivity contribution in [1.82, 2.24) is 20.2 Å². The molecule has 2 aromatic carbocycles. The van der Waals surface area contributed by atoms with Gasteiger partial charge in [-0.1, -0.05) is 39.8 Å². The van der Waals surface area contributed by atoms with Gasteiger partial charge in [0, 0.05) is 27.9 Å². The number of benzene rings is 2. The van der Waals surface area contributed by atoms with Crippen molar-refractivity contribution >= 4 is 51.1 Å². The van der Waals surface area contributed by atoms with Crippen LogP contribution in [0.4, 0.5) is 5.69 Å². The first-order valence-corrected chi connectivity index (χ1v) is 10.6. The first kappa shape index (κ1) is 20.1. The highest BCUT2D eigenvalue weighted by Gasteiger charge is 2.26. The number of nitrogens with one attached hydrogen (secondary N) is 2. The highest BCUT2D eigenvalue weighted by atomic mass is 79.9. The Morgan fingerprint density at radius 3 is 2.73 bits per heavy atom. The number of amides is 3. The molecule has 0 aliphatic carbocycles. The maximum Gasteiger partial charge on any atom is 0.259 e. The fraction of sp³-hybridized carbons (Fsp3) is 0.105. The summed E-state index contributed by atoms with van der Waals surface area (Å²) in [5.74, 6) is 5.91. The lowest BCUT2D eigenvalue weighted by Gasteiger charge is -2.06. The van der Waals surface area contributed by atoms with E-state index in [-0.39, 0.29) is 17.9 Å². The molecule has 4 rings (SSSR count). The standard InChI is InChI=1S/C19H15BrN6O3S/c20-11-3-1-2-10(8-11)16-24-25-19(26(16)21)30-7-6-15(27)22-12-4-5-13-14(9-12)18(29)23-17(13)28/h1-5,8-9H,6-7,21H2,(H,22,27)(H,23,28,29). The molecule has 0 spiro atoms. The minimum Gasteiger partial charge on any atom is -0.335 e. The van der Waals surface area contributed by atoms with Gasteiger partial charge in [-0.2, -0.15) is 0 Å². The molecule has 0 saturated carbocycles. The normalized spacial score (nSPS) is 12.6. The Kier molecular flexibility index (Phi) is 5.55. The van der Waals surface area contributed by atoms with Crippen LogP contribution in [0.3, 0.4) is 0 Å². The van der Waals surface area contributed by atoms with E-state index in [9.17, 15) is 14.4 Å². The molecule has 152 valence electrons. The summed E-state index contributed by atoms with van der Waals surface area (Å²) in [5.41, 5.74) is 1.83. The average Bonchev–Trinajstić information content (AvgIpc) is 3.21. The number of rotatable bonds is 6. The molecule has 3 amide bonds. The number of nitrogen functional groups attached to an aromatic ring is 1. The van der Waals surface area contributed by atoms with Crippen LogP contribution in [0.1, 0.15) is 27.1 Å². The number of thioether (sulfide) groups is 1. The van der Waals surface area contributed by atoms with Crippen molar-refractivity contribution in [1.29, 1.82) is 0 Å². The first-order chi connectivity index (χ1) is 14.4. The van der Waals surface area contributed by atoms with Crippen LogP contribution in [0, 0.1) is 0 Å². The molecule has 2 heterocycles. The van der Waals surface area contributed by atoms with Gasteiger partial charge in [0.25, 0.3) is 11.8 Å². The van der Waals surface area contributed by atoms with Crippen LogP contribution in [0.15, 0.2) is 52.1 Å². The van der Waals surface area contributed by atoms with Crippen molar-refractivity contribution in [3.8, 4) is 11.4 Å². The summed E-state index contributed by atoms with van der Waals surface area (Å²) in [6.07, 6.45) is 0.200. The molecule has 1 aromatic heterocycles. The SMILES string of the molecule is Nn1c(SCCC(=O)Nc2ccc3c(c2)C(=O)NC3=O)nnc1-c1cccc(Br)c1. The molecule has 0 atom stereocenters. The number of carbonyl (C=O) groups excluding carboxylic acids is 3. The van der Waals surface area contributed by atoms with Crippen molar-refractivity contribution in [3.05, 3.63) is 58.1 Å². The van der Waals surface area contributed by atoms with Gasteiger partial charge < -0.3 is 11.2 Å². The van der Waals surface area contributed by atoms with Crippen LogP contribution in [0.5, 0.6) is 0 Å². The smallest absolute Gasteiger partial charge is 0.259 e. The minimum absolute atomic E-state index is 0.200. The van der Waals surface area contributed by atoms with E-state index in [4.69, 9.17) is 5.84 Å². The zero-order chi connectivity index (χ0) is 21.3. The molecule has 11 heteroatoms. The quantitative estimate of drug-likeness (QED) is 0.276. The summed E-state index contributed by atoms with van der Waals surface area (Å²) >= 11 is 4.72. The molecule has 0 unspecified atom stereocenters. The molecule has 0 fully saturated rings. The fourth-order valence-electron chi connectivity index (χ4n) is 2.90. The summed E-state index contributed by atoms with van der Waals surface area (Å²) in [6, 6.07) is 12.1. The third-order valence-electron chi connectivity index (χ3n) is 4.33. The molecule has 3 aromatic rings. The van der Waals surface area contributed by atoms with Gasteiger partial charge in [-0.15, -0.1) is 10.2 Å². The maximum absolute atomic E-state index is 12.2. The zero-order valence-corrected chi connectivity index (χ0v) is 17.8. The lowest BCUT2D eigenvalue weighted by molar-refractivity contribution is -0.115. The second kappa shape index (κ2) is 8.28. The van der Waals surface area contributed by atoms with Gasteiger partial charge in [0.15, 0.2) is 5.82 Å². The number of carbonyl (C=O) groups is 3. The predicted octanol–water partition coefficient (Wildman–Crippen LogP) is 2.43. The summed E-state index contributed by atoms with van der Waals surface area (Å²) in [4.78, 5) is 35.5. The number of nitrogens with zero attached hydrogens (tertiary/aromatic N) is 3. The summed E-state index contributed by atoms with van der Waals surface area (Å²) in [5, 5.41) is 13.6. The van der Waals surface area contributed by atoms with Crippen LogP contribution < -0.4 is 16.5 Å². The number of imide groups is 1. The van der Waals surface area contributed by atoms with Crippen LogP contribution in [0.25, 0.3) is 11.4 Å². The van der Waals surface area contributed by atoms with E-state index in [0.717, 1.165) is 10.0 Å². The highest BCUT2D eigenvalue weighted by molar-refractivity contribution is 9.10. The van der Waals surface area contributed by atoms with E-state index in [2.05, 4.69) is 36.8 Å². The monoisotopic (exact) mass is 486 g/mol. The van der Waals surface area contributed by atoms with Gasteiger partial charge in [-0.05, 0) is 30.3 Å². The highest BCUT2D eigenvalue weighted by Crippen LogP contribution is 2.25. The molecule has 0 bridgehead atoms. The number of anilines is 1. The van der Waals surface area contributed by atoms with Crippen molar-refractivity contribution in [2.24, 2.45) is 0 Å². The predicted molar refractivity (Wildman–Crippen MR) is 116 cm³/mol. The minimum atomic E-state index is -0.467. The van der Waals surface area contributed by atoms with Crippen molar-refractivity contribution < 1.29 is 14.4 Å². The van der Waals surface area contributed by atoms with Crippen molar-refractivity contribution in [2.75, 3.05) is 16.9 Å². The molecule has 0 radical (unpaired) electrons. The number of nitrogens with two attached hydrogens (primary N) is 1. The van der Waals surface area contributed by atoms with Gasteiger partial charge in [0.1, 0.15) is 0 Å².